The van der Waals surface area contributed by atoms with Gasteiger partial charge < -0.3 is 5.32 Å². The van der Waals surface area contributed by atoms with Gasteiger partial charge in [0.1, 0.15) is 0 Å². The number of unbranched alkanes of at least 4 members (excludes halogenated alkanes) is 1. The fourth-order valence-corrected chi connectivity index (χ4v) is 3.15. The average Bonchev–Trinajstić information content (AvgIpc) is 2.41. The third kappa shape index (κ3) is 6.22. The molecule has 0 fully saturated rings. The van der Waals surface area contributed by atoms with E-state index in [-0.39, 0.29) is 12.3 Å². The second kappa shape index (κ2) is 8.58. The van der Waals surface area contributed by atoms with E-state index in [1.54, 1.807) is 24.3 Å². The molecule has 1 amide bonds. The molecular weight excluding hydrogens is 335 g/mol. The molecule has 0 atom stereocenters. The highest BCUT2D eigenvalue weighted by molar-refractivity contribution is 7.89. The zero-order valence-corrected chi connectivity index (χ0v) is 14.0. The maximum Gasteiger partial charge on any atom is 0.239 e. The van der Waals surface area contributed by atoms with E-state index in [9.17, 15) is 13.2 Å². The van der Waals surface area contributed by atoms with Gasteiger partial charge in [0.2, 0.25) is 15.9 Å². The quantitative estimate of drug-likeness (QED) is 0.577. The Morgan fingerprint density at radius 1 is 1.29 bits per heavy atom. The van der Waals surface area contributed by atoms with Crippen molar-refractivity contribution in [2.45, 2.75) is 12.8 Å². The lowest BCUT2D eigenvalue weighted by Crippen LogP contribution is -2.36. The number of sulfonamides is 1. The molecule has 0 unspecified atom stereocenters. The van der Waals surface area contributed by atoms with Gasteiger partial charge in [0, 0.05) is 12.9 Å². The molecule has 0 aromatic heterocycles. The van der Waals surface area contributed by atoms with Crippen LogP contribution in [-0.4, -0.2) is 43.9 Å². The number of benzene rings is 1. The standard InChI is InChI=1S/C13H18Cl2N2O3S/c1-17(21(19,20)9-5-4-8-14)10-13(18)16-12-7-3-2-6-11(12)15/h2-3,6-7H,4-5,8-10H2,1H3,(H,16,18). The third-order valence-corrected chi connectivity index (χ3v) is 5.26. The summed E-state index contributed by atoms with van der Waals surface area (Å²) in [5.74, 6) is -0.0338. The molecule has 1 aromatic carbocycles. The highest BCUT2D eigenvalue weighted by atomic mass is 35.5. The first kappa shape index (κ1) is 18.2. The van der Waals surface area contributed by atoms with E-state index >= 15 is 0 Å². The number of carbonyl (C=O) groups excluding carboxylic acids is 1. The predicted molar refractivity (Wildman–Crippen MR) is 86.5 cm³/mol. The number of halogens is 2. The van der Waals surface area contributed by atoms with Crippen LogP contribution in [0.3, 0.4) is 0 Å². The molecule has 21 heavy (non-hydrogen) atoms. The normalized spacial score (nSPS) is 11.6. The van der Waals surface area contributed by atoms with Crippen molar-refractivity contribution in [2.24, 2.45) is 0 Å². The number of carbonyl (C=O) groups is 1. The summed E-state index contributed by atoms with van der Waals surface area (Å²) in [5, 5.41) is 2.98. The second-order valence-corrected chi connectivity index (χ2v) is 7.48. The minimum Gasteiger partial charge on any atom is -0.324 e. The van der Waals surface area contributed by atoms with E-state index in [4.69, 9.17) is 23.2 Å². The van der Waals surface area contributed by atoms with E-state index in [0.717, 1.165) is 4.31 Å². The lowest BCUT2D eigenvalue weighted by Gasteiger charge is -2.17. The minimum atomic E-state index is -3.45. The predicted octanol–water partition coefficient (Wildman–Crippen LogP) is 2.56. The van der Waals surface area contributed by atoms with E-state index in [1.165, 1.54) is 7.05 Å². The maximum atomic E-state index is 11.9. The number of nitrogens with zero attached hydrogens (tertiary/aromatic N) is 1. The van der Waals surface area contributed by atoms with Crippen molar-refractivity contribution in [3.05, 3.63) is 29.3 Å². The molecule has 0 heterocycles. The monoisotopic (exact) mass is 352 g/mol. The van der Waals surface area contributed by atoms with E-state index in [0.29, 0.717) is 29.4 Å². The molecule has 0 aliphatic heterocycles. The first-order valence-electron chi connectivity index (χ1n) is 6.41. The van der Waals surface area contributed by atoms with Crippen LogP contribution in [0.1, 0.15) is 12.8 Å². The Bertz CT molecular complexity index is 579. The topological polar surface area (TPSA) is 66.5 Å². The molecular formula is C13H18Cl2N2O3S. The van der Waals surface area contributed by atoms with Gasteiger partial charge in [-0.05, 0) is 25.0 Å². The Morgan fingerprint density at radius 2 is 1.95 bits per heavy atom. The molecule has 1 aromatic rings. The van der Waals surface area contributed by atoms with E-state index in [1.807, 2.05) is 0 Å². The first-order chi connectivity index (χ1) is 9.86. The Kier molecular flexibility index (Phi) is 7.45. The first-order valence-corrected chi connectivity index (χ1v) is 8.93. The van der Waals surface area contributed by atoms with Gasteiger partial charge in [-0.2, -0.15) is 4.31 Å². The van der Waals surface area contributed by atoms with Gasteiger partial charge in [0.15, 0.2) is 0 Å². The lowest BCUT2D eigenvalue weighted by molar-refractivity contribution is -0.116. The van der Waals surface area contributed by atoms with E-state index < -0.39 is 15.9 Å². The van der Waals surface area contributed by atoms with Gasteiger partial charge in [0.05, 0.1) is 23.0 Å². The Balaban J connectivity index is 2.56. The SMILES string of the molecule is CN(CC(=O)Nc1ccccc1Cl)S(=O)(=O)CCCCCl. The molecule has 0 aliphatic rings. The zero-order chi connectivity index (χ0) is 15.9. The Labute approximate surface area is 135 Å². The molecule has 0 aliphatic carbocycles. The summed E-state index contributed by atoms with van der Waals surface area (Å²) in [6.45, 7) is -0.256. The smallest absolute Gasteiger partial charge is 0.239 e. The lowest BCUT2D eigenvalue weighted by atomic mass is 10.3. The highest BCUT2D eigenvalue weighted by Crippen LogP contribution is 2.20. The molecule has 1 rings (SSSR count). The number of hydrogen-bond donors (Lipinski definition) is 1. The molecule has 5 nitrogen and oxygen atoms in total. The Hall–Kier alpha value is -0.820. The second-order valence-electron chi connectivity index (χ2n) is 4.50. The number of amides is 1. The highest BCUT2D eigenvalue weighted by Gasteiger charge is 2.20. The largest absolute Gasteiger partial charge is 0.324 e. The number of nitrogens with one attached hydrogen (secondary N) is 1. The number of rotatable bonds is 8. The van der Waals surface area contributed by atoms with Crippen molar-refractivity contribution in [1.29, 1.82) is 0 Å². The number of para-hydroxylation sites is 1. The van der Waals surface area contributed by atoms with Crippen LogP contribution < -0.4 is 5.32 Å². The molecule has 0 bridgehead atoms. The van der Waals surface area contributed by atoms with Crippen LogP contribution in [0.15, 0.2) is 24.3 Å². The number of alkyl halides is 1. The van der Waals surface area contributed by atoms with Crippen LogP contribution in [-0.2, 0) is 14.8 Å². The zero-order valence-electron chi connectivity index (χ0n) is 11.7. The third-order valence-electron chi connectivity index (χ3n) is 2.78. The van der Waals surface area contributed by atoms with Gasteiger partial charge in [-0.1, -0.05) is 23.7 Å². The summed E-state index contributed by atoms with van der Waals surface area (Å²) < 4.78 is 24.9. The van der Waals surface area contributed by atoms with Crippen LogP contribution in [0.4, 0.5) is 5.69 Å². The molecule has 1 N–H and O–H groups in total. The van der Waals surface area contributed by atoms with Crippen molar-refractivity contribution >= 4 is 44.8 Å². The fourth-order valence-electron chi connectivity index (χ4n) is 1.59. The van der Waals surface area contributed by atoms with Crippen molar-refractivity contribution in [3.63, 3.8) is 0 Å². The molecule has 0 saturated heterocycles. The van der Waals surface area contributed by atoms with Crippen molar-refractivity contribution < 1.29 is 13.2 Å². The summed E-state index contributed by atoms with van der Waals surface area (Å²) in [4.78, 5) is 11.9. The van der Waals surface area contributed by atoms with Crippen LogP contribution in [0.2, 0.25) is 5.02 Å². The van der Waals surface area contributed by atoms with Crippen molar-refractivity contribution in [1.82, 2.24) is 4.31 Å². The van der Waals surface area contributed by atoms with E-state index in [2.05, 4.69) is 5.32 Å². The molecule has 8 heteroatoms. The molecule has 0 spiro atoms. The van der Waals surface area contributed by atoms with Gasteiger partial charge >= 0.3 is 0 Å². The van der Waals surface area contributed by atoms with Crippen molar-refractivity contribution in [3.8, 4) is 0 Å². The average molecular weight is 353 g/mol. The number of likely N-dealkylation sites (N-methyl/N-ethyl adjacent to an activating group) is 1. The van der Waals surface area contributed by atoms with Crippen LogP contribution in [0, 0.1) is 0 Å². The van der Waals surface area contributed by atoms with Crippen LogP contribution in [0.5, 0.6) is 0 Å². The van der Waals surface area contributed by atoms with Crippen LogP contribution >= 0.6 is 23.2 Å². The summed E-state index contributed by atoms with van der Waals surface area (Å²) in [6.07, 6.45) is 1.10. The Morgan fingerprint density at radius 3 is 2.57 bits per heavy atom. The molecule has 0 radical (unpaired) electrons. The summed E-state index contributed by atoms with van der Waals surface area (Å²) in [7, 11) is -2.07. The van der Waals surface area contributed by atoms with Crippen molar-refractivity contribution in [2.75, 3.05) is 30.5 Å². The fraction of sp³-hybridized carbons (Fsp3) is 0.462. The van der Waals surface area contributed by atoms with Crippen LogP contribution in [0.25, 0.3) is 0 Å². The summed E-state index contributed by atoms with van der Waals surface area (Å²) in [6, 6.07) is 6.76. The van der Waals surface area contributed by atoms with Gasteiger partial charge in [-0.3, -0.25) is 4.79 Å². The van der Waals surface area contributed by atoms with Gasteiger partial charge in [-0.15, -0.1) is 11.6 Å². The molecule has 0 saturated carbocycles. The molecule has 118 valence electrons. The summed E-state index contributed by atoms with van der Waals surface area (Å²) in [5.41, 5.74) is 0.456. The van der Waals surface area contributed by atoms with Gasteiger partial charge in [-0.25, -0.2) is 8.42 Å². The maximum absolute atomic E-state index is 11.9. The number of anilines is 1. The summed E-state index contributed by atoms with van der Waals surface area (Å²) >= 11 is 11.4. The minimum absolute atomic E-state index is 0.0183. The van der Waals surface area contributed by atoms with Gasteiger partial charge in [0.25, 0.3) is 0 Å². The number of hydrogen-bond acceptors (Lipinski definition) is 3.